The van der Waals surface area contributed by atoms with Crippen LogP contribution >= 0.6 is 24.0 Å². The van der Waals surface area contributed by atoms with Crippen LogP contribution in [0.25, 0.3) is 0 Å². The zero-order valence-corrected chi connectivity index (χ0v) is 19.7. The minimum Gasteiger partial charge on any atom is -0.357 e. The number of nitrogens with zero attached hydrogens (tertiary/aromatic N) is 3. The molecule has 1 atom stereocenters. The maximum atomic E-state index is 13.0. The molecule has 0 aliphatic rings. The highest BCUT2D eigenvalue weighted by Crippen LogP contribution is 2.20. The van der Waals surface area contributed by atoms with E-state index in [0.717, 1.165) is 11.0 Å². The third-order valence-electron chi connectivity index (χ3n) is 4.79. The summed E-state index contributed by atoms with van der Waals surface area (Å²) in [5.41, 5.74) is 2.49. The quantitative estimate of drug-likeness (QED) is 0.229. The first-order valence-corrected chi connectivity index (χ1v) is 10.1. The second-order valence-electron chi connectivity index (χ2n) is 6.90. The zero-order chi connectivity index (χ0) is 21.2. The number of hydrogen-bond donors (Lipinski definition) is 2. The van der Waals surface area contributed by atoms with Gasteiger partial charge in [-0.3, -0.25) is 4.57 Å². The average Bonchev–Trinajstić information content (AvgIpc) is 3.25. The lowest BCUT2D eigenvalue weighted by Crippen LogP contribution is -2.39. The van der Waals surface area contributed by atoms with Crippen molar-refractivity contribution < 1.29 is 8.78 Å². The van der Waals surface area contributed by atoms with Crippen molar-refractivity contribution >= 4 is 29.9 Å². The Labute approximate surface area is 199 Å². The summed E-state index contributed by atoms with van der Waals surface area (Å²) in [6.45, 7) is 0.747. The first-order valence-electron chi connectivity index (χ1n) is 10.1. The molecule has 2 aromatic carbocycles. The van der Waals surface area contributed by atoms with Crippen LogP contribution in [0.2, 0.25) is 0 Å². The fourth-order valence-corrected chi connectivity index (χ4v) is 3.29. The molecule has 0 bridgehead atoms. The second-order valence-corrected chi connectivity index (χ2v) is 6.90. The Morgan fingerprint density at radius 1 is 1.03 bits per heavy atom. The lowest BCUT2D eigenvalue weighted by molar-refractivity contribution is 0.0671. The van der Waals surface area contributed by atoms with Crippen molar-refractivity contribution in [2.24, 2.45) is 4.99 Å². The van der Waals surface area contributed by atoms with Crippen LogP contribution in [0.4, 0.5) is 8.78 Å². The molecule has 5 nitrogen and oxygen atoms in total. The van der Waals surface area contributed by atoms with E-state index in [1.54, 1.807) is 0 Å². The Kier molecular flexibility index (Phi) is 10.4. The number of halogens is 3. The number of rotatable bonds is 9. The first-order chi connectivity index (χ1) is 14.7. The highest BCUT2D eigenvalue weighted by Gasteiger charge is 2.14. The molecule has 1 unspecified atom stereocenters. The van der Waals surface area contributed by atoms with Crippen molar-refractivity contribution in [1.82, 2.24) is 20.2 Å². The van der Waals surface area contributed by atoms with E-state index >= 15 is 0 Å². The summed E-state index contributed by atoms with van der Waals surface area (Å²) in [7, 11) is 0. The summed E-state index contributed by atoms with van der Waals surface area (Å²) in [5.74, 6) is 1.04. The number of imidazole rings is 1. The standard InChI is InChI=1S/C23H27F2N5.HI/c1-2-26-23(29-17-21-27-13-14-30(21)22(24)25)28-16-20(19-11-7-4-8-12-19)15-18-9-5-3-6-10-18;/h3-14,20,22H,2,15-17H2,1H3,(H2,26,28,29);1H. The number of hydrogen-bond acceptors (Lipinski definition) is 2. The summed E-state index contributed by atoms with van der Waals surface area (Å²) in [6, 6.07) is 20.7. The molecular formula is C23H28F2IN5. The molecule has 0 amide bonds. The number of benzene rings is 2. The number of nitrogens with one attached hydrogen (secondary N) is 2. The molecule has 0 radical (unpaired) electrons. The molecule has 3 rings (SSSR count). The Bertz CT molecular complexity index is 916. The number of alkyl halides is 2. The molecule has 1 aromatic heterocycles. The molecule has 3 aromatic rings. The normalized spacial score (nSPS) is 12.3. The summed E-state index contributed by atoms with van der Waals surface area (Å²) in [5, 5.41) is 6.54. The lowest BCUT2D eigenvalue weighted by atomic mass is 9.92. The van der Waals surface area contributed by atoms with Gasteiger partial charge >= 0.3 is 6.55 Å². The van der Waals surface area contributed by atoms with Gasteiger partial charge < -0.3 is 10.6 Å². The maximum absolute atomic E-state index is 13.0. The van der Waals surface area contributed by atoms with Gasteiger partial charge in [0, 0.05) is 31.4 Å². The number of guanidine groups is 1. The van der Waals surface area contributed by atoms with Crippen LogP contribution in [0.15, 0.2) is 78.0 Å². The topological polar surface area (TPSA) is 54.2 Å². The molecule has 0 saturated heterocycles. The van der Waals surface area contributed by atoms with Gasteiger partial charge in [0.15, 0.2) is 5.96 Å². The van der Waals surface area contributed by atoms with Gasteiger partial charge in [0.1, 0.15) is 12.4 Å². The van der Waals surface area contributed by atoms with E-state index in [1.165, 1.54) is 23.5 Å². The van der Waals surface area contributed by atoms with Crippen LogP contribution in [0, 0.1) is 0 Å². The fraction of sp³-hybridized carbons (Fsp3) is 0.304. The maximum Gasteiger partial charge on any atom is 0.319 e. The predicted octanol–water partition coefficient (Wildman–Crippen LogP) is 4.98. The molecule has 0 spiro atoms. The molecule has 0 saturated carbocycles. The van der Waals surface area contributed by atoms with Crippen molar-refractivity contribution in [2.45, 2.75) is 32.4 Å². The molecule has 31 heavy (non-hydrogen) atoms. The molecule has 1 heterocycles. The van der Waals surface area contributed by atoms with Crippen LogP contribution in [0.5, 0.6) is 0 Å². The van der Waals surface area contributed by atoms with Crippen LogP contribution in [0.1, 0.15) is 36.3 Å². The van der Waals surface area contributed by atoms with Crippen molar-refractivity contribution in [3.05, 3.63) is 90.0 Å². The third-order valence-corrected chi connectivity index (χ3v) is 4.79. The fourth-order valence-electron chi connectivity index (χ4n) is 3.29. The van der Waals surface area contributed by atoms with Gasteiger partial charge in [-0.05, 0) is 24.5 Å². The summed E-state index contributed by atoms with van der Waals surface area (Å²) < 4.78 is 26.9. The molecular weight excluding hydrogens is 511 g/mol. The molecule has 2 N–H and O–H groups in total. The predicted molar refractivity (Wildman–Crippen MR) is 131 cm³/mol. The molecule has 8 heteroatoms. The van der Waals surface area contributed by atoms with Crippen molar-refractivity contribution in [3.63, 3.8) is 0 Å². The zero-order valence-electron chi connectivity index (χ0n) is 17.4. The van der Waals surface area contributed by atoms with Crippen molar-refractivity contribution in [3.8, 4) is 0 Å². The summed E-state index contributed by atoms with van der Waals surface area (Å²) in [4.78, 5) is 8.44. The van der Waals surface area contributed by atoms with Gasteiger partial charge in [-0.15, -0.1) is 24.0 Å². The van der Waals surface area contributed by atoms with Crippen molar-refractivity contribution in [2.75, 3.05) is 13.1 Å². The highest BCUT2D eigenvalue weighted by molar-refractivity contribution is 14.0. The van der Waals surface area contributed by atoms with Crippen LogP contribution in [-0.2, 0) is 13.0 Å². The Morgan fingerprint density at radius 2 is 1.71 bits per heavy atom. The van der Waals surface area contributed by atoms with Crippen LogP contribution in [-0.4, -0.2) is 28.6 Å². The summed E-state index contributed by atoms with van der Waals surface area (Å²) in [6.07, 6.45) is 3.51. The van der Waals surface area contributed by atoms with E-state index in [-0.39, 0.29) is 42.3 Å². The number of aromatic nitrogens is 2. The minimum atomic E-state index is -2.62. The summed E-state index contributed by atoms with van der Waals surface area (Å²) >= 11 is 0. The van der Waals surface area contributed by atoms with E-state index in [0.29, 0.717) is 19.0 Å². The second kappa shape index (κ2) is 13.0. The van der Waals surface area contributed by atoms with E-state index in [4.69, 9.17) is 0 Å². The SMILES string of the molecule is CCNC(=NCc1nccn1C(F)F)NCC(Cc1ccccc1)c1ccccc1.I. The van der Waals surface area contributed by atoms with Gasteiger partial charge in [-0.25, -0.2) is 9.98 Å². The van der Waals surface area contributed by atoms with Gasteiger partial charge in [-0.1, -0.05) is 60.7 Å². The highest BCUT2D eigenvalue weighted by atomic mass is 127. The Balaban J connectivity index is 0.00000341. The van der Waals surface area contributed by atoms with E-state index in [2.05, 4.69) is 44.9 Å². The minimum absolute atomic E-state index is 0. The molecule has 166 valence electrons. The molecule has 0 aliphatic carbocycles. The van der Waals surface area contributed by atoms with Gasteiger partial charge in [0.2, 0.25) is 0 Å². The Hall–Kier alpha value is -2.49. The van der Waals surface area contributed by atoms with Gasteiger partial charge in [-0.2, -0.15) is 8.78 Å². The monoisotopic (exact) mass is 539 g/mol. The van der Waals surface area contributed by atoms with E-state index in [1.807, 2.05) is 43.3 Å². The van der Waals surface area contributed by atoms with Crippen LogP contribution < -0.4 is 10.6 Å². The van der Waals surface area contributed by atoms with Gasteiger partial charge in [0.05, 0.1) is 0 Å². The first kappa shape index (κ1) is 24.8. The van der Waals surface area contributed by atoms with Gasteiger partial charge in [0.25, 0.3) is 0 Å². The smallest absolute Gasteiger partial charge is 0.319 e. The lowest BCUT2D eigenvalue weighted by Gasteiger charge is -2.20. The van der Waals surface area contributed by atoms with Crippen molar-refractivity contribution in [1.29, 1.82) is 0 Å². The number of aliphatic imine (C=N–C) groups is 1. The van der Waals surface area contributed by atoms with E-state index < -0.39 is 6.55 Å². The van der Waals surface area contributed by atoms with E-state index in [9.17, 15) is 8.78 Å². The molecule has 0 aliphatic heterocycles. The largest absolute Gasteiger partial charge is 0.357 e. The average molecular weight is 539 g/mol. The third kappa shape index (κ3) is 7.61. The van der Waals surface area contributed by atoms with Crippen LogP contribution in [0.3, 0.4) is 0 Å². The molecule has 0 fully saturated rings. The Morgan fingerprint density at radius 3 is 2.35 bits per heavy atom.